The van der Waals surface area contributed by atoms with E-state index in [2.05, 4.69) is 5.32 Å². The molecule has 0 aromatic rings. The second-order valence-corrected chi connectivity index (χ2v) is 3.23. The Balaban J connectivity index is 2.18. The molecule has 3 heteroatoms. The lowest BCUT2D eigenvalue weighted by Crippen LogP contribution is -2.47. The first-order valence-corrected chi connectivity index (χ1v) is 4.44. The van der Waals surface area contributed by atoms with Crippen molar-refractivity contribution in [2.75, 3.05) is 13.2 Å². The summed E-state index contributed by atoms with van der Waals surface area (Å²) in [5, 5.41) is 11.8. The van der Waals surface area contributed by atoms with Gasteiger partial charge in [-0.2, -0.15) is 0 Å². The van der Waals surface area contributed by atoms with Crippen LogP contribution in [0.5, 0.6) is 0 Å². The van der Waals surface area contributed by atoms with E-state index in [-0.39, 0.29) is 6.61 Å². The third kappa shape index (κ3) is 2.77. The molecule has 0 aromatic carbocycles. The molecule has 2 atom stereocenters. The van der Waals surface area contributed by atoms with Crippen LogP contribution in [0.3, 0.4) is 0 Å². The van der Waals surface area contributed by atoms with E-state index < -0.39 is 0 Å². The molecule has 66 valence electrons. The largest absolute Gasteiger partial charge is 0.395 e. The summed E-state index contributed by atoms with van der Waals surface area (Å²) in [5.41, 5.74) is 5.88. The zero-order valence-electron chi connectivity index (χ0n) is 6.92. The summed E-state index contributed by atoms with van der Waals surface area (Å²) in [7, 11) is 0. The molecule has 0 aliphatic heterocycles. The van der Waals surface area contributed by atoms with Crippen molar-refractivity contribution in [2.45, 2.75) is 37.8 Å². The van der Waals surface area contributed by atoms with Crippen LogP contribution in [0.2, 0.25) is 0 Å². The Kier molecular flexibility index (Phi) is 3.83. The van der Waals surface area contributed by atoms with Gasteiger partial charge in [0.25, 0.3) is 0 Å². The zero-order chi connectivity index (χ0) is 8.10. The highest BCUT2D eigenvalue weighted by Crippen LogP contribution is 2.16. The number of rotatable bonds is 3. The number of hydrogen-bond acceptors (Lipinski definition) is 3. The average molecular weight is 158 g/mol. The molecule has 11 heavy (non-hydrogen) atoms. The minimum absolute atomic E-state index is 0.212. The molecule has 1 aliphatic rings. The lowest BCUT2D eigenvalue weighted by molar-refractivity contribution is 0.261. The summed E-state index contributed by atoms with van der Waals surface area (Å²) >= 11 is 0. The Bertz CT molecular complexity index is 108. The molecule has 0 saturated heterocycles. The summed E-state index contributed by atoms with van der Waals surface area (Å²) in [6.45, 7) is 0.890. The predicted molar refractivity (Wildman–Crippen MR) is 45.3 cm³/mol. The SMILES string of the molecule is NC1CCCCC1NCCO. The minimum Gasteiger partial charge on any atom is -0.395 e. The highest BCUT2D eigenvalue weighted by atomic mass is 16.3. The maximum Gasteiger partial charge on any atom is 0.0556 e. The Hall–Kier alpha value is -0.120. The van der Waals surface area contributed by atoms with Gasteiger partial charge in [-0.05, 0) is 12.8 Å². The highest BCUT2D eigenvalue weighted by Gasteiger charge is 2.20. The van der Waals surface area contributed by atoms with Crippen LogP contribution in [0, 0.1) is 0 Å². The Labute approximate surface area is 68.0 Å². The van der Waals surface area contributed by atoms with Crippen molar-refractivity contribution in [3.63, 3.8) is 0 Å². The first-order chi connectivity index (χ1) is 5.34. The fourth-order valence-corrected chi connectivity index (χ4v) is 1.66. The first-order valence-electron chi connectivity index (χ1n) is 4.44. The van der Waals surface area contributed by atoms with Gasteiger partial charge in [-0.25, -0.2) is 0 Å². The third-order valence-corrected chi connectivity index (χ3v) is 2.34. The Morgan fingerprint density at radius 2 is 2.09 bits per heavy atom. The molecule has 1 fully saturated rings. The molecule has 0 bridgehead atoms. The molecule has 0 amide bonds. The maximum absolute atomic E-state index is 8.58. The lowest BCUT2D eigenvalue weighted by atomic mass is 9.91. The van der Waals surface area contributed by atoms with Gasteiger partial charge in [0.15, 0.2) is 0 Å². The number of aliphatic hydroxyl groups is 1. The van der Waals surface area contributed by atoms with E-state index in [0.717, 1.165) is 6.42 Å². The fraction of sp³-hybridized carbons (Fsp3) is 1.00. The van der Waals surface area contributed by atoms with E-state index in [4.69, 9.17) is 10.8 Å². The van der Waals surface area contributed by atoms with Crippen molar-refractivity contribution < 1.29 is 5.11 Å². The van der Waals surface area contributed by atoms with Gasteiger partial charge >= 0.3 is 0 Å². The number of aliphatic hydroxyl groups excluding tert-OH is 1. The molecule has 2 unspecified atom stereocenters. The molecule has 1 aliphatic carbocycles. The minimum atomic E-state index is 0.212. The molecule has 0 aromatic heterocycles. The summed E-state index contributed by atoms with van der Waals surface area (Å²) in [5.74, 6) is 0. The van der Waals surface area contributed by atoms with Crippen LogP contribution in [-0.4, -0.2) is 30.3 Å². The summed E-state index contributed by atoms with van der Waals surface area (Å²) in [4.78, 5) is 0. The summed E-state index contributed by atoms with van der Waals surface area (Å²) < 4.78 is 0. The molecule has 1 rings (SSSR count). The molecule has 4 N–H and O–H groups in total. The maximum atomic E-state index is 8.58. The van der Waals surface area contributed by atoms with E-state index in [9.17, 15) is 0 Å². The van der Waals surface area contributed by atoms with Gasteiger partial charge in [0, 0.05) is 18.6 Å². The van der Waals surface area contributed by atoms with E-state index >= 15 is 0 Å². The van der Waals surface area contributed by atoms with Gasteiger partial charge in [0.1, 0.15) is 0 Å². The van der Waals surface area contributed by atoms with Crippen molar-refractivity contribution in [3.8, 4) is 0 Å². The van der Waals surface area contributed by atoms with Crippen LogP contribution >= 0.6 is 0 Å². The lowest BCUT2D eigenvalue weighted by Gasteiger charge is -2.29. The topological polar surface area (TPSA) is 58.3 Å². The molecule has 0 spiro atoms. The van der Waals surface area contributed by atoms with Crippen molar-refractivity contribution in [1.82, 2.24) is 5.32 Å². The van der Waals surface area contributed by atoms with E-state index in [1.54, 1.807) is 0 Å². The van der Waals surface area contributed by atoms with Crippen LogP contribution in [0.25, 0.3) is 0 Å². The number of nitrogens with one attached hydrogen (secondary N) is 1. The van der Waals surface area contributed by atoms with E-state index in [1.165, 1.54) is 19.3 Å². The fourth-order valence-electron chi connectivity index (χ4n) is 1.66. The van der Waals surface area contributed by atoms with Crippen molar-refractivity contribution in [1.29, 1.82) is 0 Å². The van der Waals surface area contributed by atoms with Crippen LogP contribution in [0.1, 0.15) is 25.7 Å². The van der Waals surface area contributed by atoms with Gasteiger partial charge in [0.2, 0.25) is 0 Å². The molecule has 3 nitrogen and oxygen atoms in total. The third-order valence-electron chi connectivity index (χ3n) is 2.34. The second-order valence-electron chi connectivity index (χ2n) is 3.23. The predicted octanol–water partition coefficient (Wildman–Crippen LogP) is -0.162. The molecule has 0 radical (unpaired) electrons. The van der Waals surface area contributed by atoms with Gasteiger partial charge in [-0.15, -0.1) is 0 Å². The highest BCUT2D eigenvalue weighted by molar-refractivity contribution is 4.83. The number of nitrogens with two attached hydrogens (primary N) is 1. The molecular weight excluding hydrogens is 140 g/mol. The van der Waals surface area contributed by atoms with Crippen molar-refractivity contribution in [3.05, 3.63) is 0 Å². The normalized spacial score (nSPS) is 32.2. The van der Waals surface area contributed by atoms with Crippen LogP contribution in [-0.2, 0) is 0 Å². The standard InChI is InChI=1S/C8H18N2O/c9-7-3-1-2-4-8(7)10-5-6-11/h7-8,10-11H,1-6,9H2. The Morgan fingerprint density at radius 3 is 2.73 bits per heavy atom. The van der Waals surface area contributed by atoms with Gasteiger partial charge < -0.3 is 16.2 Å². The molecule has 1 saturated carbocycles. The van der Waals surface area contributed by atoms with Crippen LogP contribution in [0.4, 0.5) is 0 Å². The first kappa shape index (κ1) is 8.97. The molecular formula is C8H18N2O. The van der Waals surface area contributed by atoms with E-state index in [1.807, 2.05) is 0 Å². The van der Waals surface area contributed by atoms with Gasteiger partial charge in [-0.1, -0.05) is 12.8 Å². The smallest absolute Gasteiger partial charge is 0.0556 e. The van der Waals surface area contributed by atoms with E-state index in [0.29, 0.717) is 18.6 Å². The second kappa shape index (κ2) is 4.70. The van der Waals surface area contributed by atoms with Crippen LogP contribution < -0.4 is 11.1 Å². The molecule has 0 heterocycles. The summed E-state index contributed by atoms with van der Waals surface area (Å²) in [6, 6.07) is 0.742. The van der Waals surface area contributed by atoms with Crippen molar-refractivity contribution >= 4 is 0 Å². The summed E-state index contributed by atoms with van der Waals surface area (Å²) in [6.07, 6.45) is 4.83. The monoisotopic (exact) mass is 158 g/mol. The van der Waals surface area contributed by atoms with Gasteiger partial charge in [0.05, 0.1) is 6.61 Å². The quantitative estimate of drug-likeness (QED) is 0.535. The van der Waals surface area contributed by atoms with Gasteiger partial charge in [-0.3, -0.25) is 0 Å². The van der Waals surface area contributed by atoms with Crippen LogP contribution in [0.15, 0.2) is 0 Å². The zero-order valence-corrected chi connectivity index (χ0v) is 6.92. The Morgan fingerprint density at radius 1 is 1.36 bits per heavy atom. The van der Waals surface area contributed by atoms with Crippen molar-refractivity contribution in [2.24, 2.45) is 5.73 Å². The average Bonchev–Trinajstić information content (AvgIpc) is 2.03. The number of hydrogen-bond donors (Lipinski definition) is 3.